The van der Waals surface area contributed by atoms with Crippen molar-refractivity contribution in [2.24, 2.45) is 0 Å². The molecule has 0 spiro atoms. The standard InChI is InChI=1S/C12H16ClNO/c13-7-10(15)8-14-12-4-2-1-3-11(12)9-5-6-9/h1-4,9-10,14-15H,5-8H2. The van der Waals surface area contributed by atoms with E-state index >= 15 is 0 Å². The summed E-state index contributed by atoms with van der Waals surface area (Å²) >= 11 is 5.54. The van der Waals surface area contributed by atoms with Gasteiger partial charge in [-0.25, -0.2) is 0 Å². The lowest BCUT2D eigenvalue weighted by atomic mass is 10.1. The van der Waals surface area contributed by atoms with Crippen LogP contribution in [0.4, 0.5) is 5.69 Å². The molecule has 1 aliphatic rings. The fraction of sp³-hybridized carbons (Fsp3) is 0.500. The summed E-state index contributed by atoms with van der Waals surface area (Å²) in [7, 11) is 0. The average molecular weight is 226 g/mol. The summed E-state index contributed by atoms with van der Waals surface area (Å²) in [6, 6.07) is 8.31. The molecular weight excluding hydrogens is 210 g/mol. The Kier molecular flexibility index (Phi) is 3.49. The van der Waals surface area contributed by atoms with Crippen LogP contribution in [0.3, 0.4) is 0 Å². The van der Waals surface area contributed by atoms with Gasteiger partial charge < -0.3 is 10.4 Å². The second-order valence-electron chi connectivity index (χ2n) is 4.05. The number of aliphatic hydroxyl groups is 1. The van der Waals surface area contributed by atoms with Gasteiger partial charge in [-0.15, -0.1) is 11.6 Å². The molecule has 0 saturated heterocycles. The first-order chi connectivity index (χ1) is 7.31. The van der Waals surface area contributed by atoms with E-state index in [1.165, 1.54) is 18.4 Å². The van der Waals surface area contributed by atoms with Crippen LogP contribution in [0.1, 0.15) is 24.3 Å². The van der Waals surface area contributed by atoms with Crippen molar-refractivity contribution in [1.29, 1.82) is 0 Å². The van der Waals surface area contributed by atoms with Crippen molar-refractivity contribution >= 4 is 17.3 Å². The zero-order valence-electron chi connectivity index (χ0n) is 8.62. The second-order valence-corrected chi connectivity index (χ2v) is 4.36. The van der Waals surface area contributed by atoms with E-state index in [1.54, 1.807) is 0 Å². The minimum Gasteiger partial charge on any atom is -0.390 e. The first kappa shape index (κ1) is 10.8. The minimum absolute atomic E-state index is 0.276. The molecule has 82 valence electrons. The maximum absolute atomic E-state index is 9.37. The SMILES string of the molecule is OC(CCl)CNc1ccccc1C1CC1. The number of hydrogen-bond acceptors (Lipinski definition) is 2. The van der Waals surface area contributed by atoms with Crippen LogP contribution in [0.15, 0.2) is 24.3 Å². The summed E-state index contributed by atoms with van der Waals surface area (Å²) in [5.74, 6) is 1.00. The fourth-order valence-corrected chi connectivity index (χ4v) is 1.80. The van der Waals surface area contributed by atoms with Crippen LogP contribution in [0.5, 0.6) is 0 Å². The molecule has 0 amide bonds. The maximum Gasteiger partial charge on any atom is 0.0847 e. The molecule has 1 aromatic carbocycles. The average Bonchev–Trinajstić information content (AvgIpc) is 3.10. The highest BCUT2D eigenvalue weighted by Crippen LogP contribution is 2.43. The first-order valence-corrected chi connectivity index (χ1v) is 5.91. The smallest absolute Gasteiger partial charge is 0.0847 e. The zero-order chi connectivity index (χ0) is 10.7. The Bertz CT molecular complexity index is 325. The van der Waals surface area contributed by atoms with Gasteiger partial charge in [0.25, 0.3) is 0 Å². The van der Waals surface area contributed by atoms with Crippen LogP contribution < -0.4 is 5.32 Å². The molecule has 1 aromatic rings. The third-order valence-corrected chi connectivity index (χ3v) is 3.04. The van der Waals surface area contributed by atoms with Crippen molar-refractivity contribution in [3.8, 4) is 0 Å². The summed E-state index contributed by atoms with van der Waals surface area (Å²) in [4.78, 5) is 0. The molecule has 0 aromatic heterocycles. The predicted molar refractivity (Wildman–Crippen MR) is 63.6 cm³/mol. The van der Waals surface area contributed by atoms with Crippen LogP contribution in [0, 0.1) is 0 Å². The number of halogens is 1. The highest BCUT2D eigenvalue weighted by Gasteiger charge is 2.25. The van der Waals surface area contributed by atoms with E-state index in [4.69, 9.17) is 11.6 Å². The molecular formula is C12H16ClNO. The van der Waals surface area contributed by atoms with Gasteiger partial charge in [-0.3, -0.25) is 0 Å². The van der Waals surface area contributed by atoms with Crippen molar-refractivity contribution in [3.05, 3.63) is 29.8 Å². The minimum atomic E-state index is -0.473. The van der Waals surface area contributed by atoms with Gasteiger partial charge in [-0.05, 0) is 30.4 Å². The number of rotatable bonds is 5. The summed E-state index contributed by atoms with van der Waals surface area (Å²) in [6.07, 6.45) is 2.10. The Morgan fingerprint density at radius 2 is 2.13 bits per heavy atom. The maximum atomic E-state index is 9.37. The molecule has 0 aliphatic heterocycles. The topological polar surface area (TPSA) is 32.3 Å². The Morgan fingerprint density at radius 3 is 2.80 bits per heavy atom. The normalized spacial score (nSPS) is 17.5. The van der Waals surface area contributed by atoms with Gasteiger partial charge in [0, 0.05) is 12.2 Å². The number of alkyl halides is 1. The number of benzene rings is 1. The van der Waals surface area contributed by atoms with E-state index in [2.05, 4.69) is 23.5 Å². The number of nitrogens with one attached hydrogen (secondary N) is 1. The third-order valence-electron chi connectivity index (χ3n) is 2.68. The van der Waals surface area contributed by atoms with E-state index < -0.39 is 6.10 Å². The molecule has 0 bridgehead atoms. The molecule has 3 heteroatoms. The first-order valence-electron chi connectivity index (χ1n) is 5.38. The molecule has 1 fully saturated rings. The Balaban J connectivity index is 2.00. The molecule has 1 unspecified atom stereocenters. The summed E-state index contributed by atoms with van der Waals surface area (Å²) in [5.41, 5.74) is 2.52. The lowest BCUT2D eigenvalue weighted by Gasteiger charge is -2.13. The summed E-state index contributed by atoms with van der Waals surface area (Å²) < 4.78 is 0. The van der Waals surface area contributed by atoms with Crippen molar-refractivity contribution in [1.82, 2.24) is 0 Å². The van der Waals surface area contributed by atoms with Crippen molar-refractivity contribution in [2.75, 3.05) is 17.7 Å². The monoisotopic (exact) mass is 225 g/mol. The number of aliphatic hydroxyl groups excluding tert-OH is 1. The van der Waals surface area contributed by atoms with E-state index in [-0.39, 0.29) is 5.88 Å². The van der Waals surface area contributed by atoms with Gasteiger partial charge in [0.05, 0.1) is 12.0 Å². The quantitative estimate of drug-likeness (QED) is 0.755. The second kappa shape index (κ2) is 4.86. The highest BCUT2D eigenvalue weighted by molar-refractivity contribution is 6.18. The largest absolute Gasteiger partial charge is 0.390 e. The van der Waals surface area contributed by atoms with Gasteiger partial charge in [0.2, 0.25) is 0 Å². The van der Waals surface area contributed by atoms with Gasteiger partial charge in [0.15, 0.2) is 0 Å². The fourth-order valence-electron chi connectivity index (χ4n) is 1.69. The Labute approximate surface area is 95.3 Å². The van der Waals surface area contributed by atoms with E-state index in [1.807, 2.05) is 6.07 Å². The molecule has 2 nitrogen and oxygen atoms in total. The van der Waals surface area contributed by atoms with Crippen LogP contribution in [0.25, 0.3) is 0 Å². The molecule has 2 rings (SSSR count). The van der Waals surface area contributed by atoms with E-state index in [0.29, 0.717) is 6.54 Å². The molecule has 1 aliphatic carbocycles. The van der Waals surface area contributed by atoms with Crippen molar-refractivity contribution in [3.63, 3.8) is 0 Å². The van der Waals surface area contributed by atoms with Crippen LogP contribution >= 0.6 is 11.6 Å². The number of para-hydroxylation sites is 1. The van der Waals surface area contributed by atoms with E-state index in [0.717, 1.165) is 11.6 Å². The molecule has 2 N–H and O–H groups in total. The van der Waals surface area contributed by atoms with Gasteiger partial charge in [0.1, 0.15) is 0 Å². The van der Waals surface area contributed by atoms with Gasteiger partial charge >= 0.3 is 0 Å². The van der Waals surface area contributed by atoms with Crippen LogP contribution in [0.2, 0.25) is 0 Å². The van der Waals surface area contributed by atoms with Gasteiger partial charge in [-0.2, -0.15) is 0 Å². The lowest BCUT2D eigenvalue weighted by Crippen LogP contribution is -2.21. The number of hydrogen-bond donors (Lipinski definition) is 2. The molecule has 1 atom stereocenters. The molecule has 0 radical (unpaired) electrons. The molecule has 1 saturated carbocycles. The summed E-state index contributed by atoms with van der Waals surface area (Å²) in [5, 5.41) is 12.6. The van der Waals surface area contributed by atoms with Gasteiger partial charge in [-0.1, -0.05) is 18.2 Å². The van der Waals surface area contributed by atoms with Crippen molar-refractivity contribution < 1.29 is 5.11 Å². The van der Waals surface area contributed by atoms with Crippen LogP contribution in [-0.4, -0.2) is 23.6 Å². The van der Waals surface area contributed by atoms with Crippen molar-refractivity contribution in [2.45, 2.75) is 24.9 Å². The molecule has 15 heavy (non-hydrogen) atoms. The number of anilines is 1. The predicted octanol–water partition coefficient (Wildman–Crippen LogP) is 2.58. The van der Waals surface area contributed by atoms with Crippen LogP contribution in [-0.2, 0) is 0 Å². The lowest BCUT2D eigenvalue weighted by molar-refractivity contribution is 0.211. The zero-order valence-corrected chi connectivity index (χ0v) is 9.37. The highest BCUT2D eigenvalue weighted by atomic mass is 35.5. The third kappa shape index (κ3) is 2.86. The molecule has 0 heterocycles. The Hall–Kier alpha value is -0.730. The summed E-state index contributed by atoms with van der Waals surface area (Å²) in [6.45, 7) is 0.521. The Morgan fingerprint density at radius 1 is 1.40 bits per heavy atom. The van der Waals surface area contributed by atoms with E-state index in [9.17, 15) is 5.11 Å².